The van der Waals surface area contributed by atoms with Crippen LogP contribution >= 0.6 is 12.6 Å². The van der Waals surface area contributed by atoms with Gasteiger partial charge in [0.2, 0.25) is 11.8 Å². The van der Waals surface area contributed by atoms with Gasteiger partial charge in [0.1, 0.15) is 18.6 Å². The summed E-state index contributed by atoms with van der Waals surface area (Å²) in [5.41, 5.74) is 5.23. The van der Waals surface area contributed by atoms with Gasteiger partial charge >= 0.3 is 78.1 Å². The maximum Gasteiger partial charge on any atom is 0.322 e. The zero-order chi connectivity index (χ0) is 23.9. The molecule has 0 bridgehead atoms. The van der Waals surface area contributed by atoms with E-state index in [-0.39, 0.29) is 24.5 Å². The fourth-order valence-electron chi connectivity index (χ4n) is 1.59. The molecule has 3 unspecified atom stereocenters. The number of nitrogens with two attached hydrogens (primary N) is 1. The maximum absolute atomic E-state index is 11.5. The third-order valence-electron chi connectivity index (χ3n) is 3.11. The van der Waals surface area contributed by atoms with E-state index in [1.807, 2.05) is 0 Å². The maximum atomic E-state index is 11.5. The van der Waals surface area contributed by atoms with Crippen LogP contribution in [0.25, 0.3) is 0 Å². The minimum Gasteiger partial charge on any atom is -0.480 e. The summed E-state index contributed by atoms with van der Waals surface area (Å²) in [4.78, 5) is 64.3. The second kappa shape index (κ2) is 16.4. The standard InChI is InChI=1S/C10H17N3O6S.C5H9NO3Se/c11-5(10(18)19)1-2-7(14)13-6(4-20)9(17)12-3-8(15)16;1-3(7)6-4(2-10)5(8)9/h5-6,20H,1-4,11H2,(H,12,17)(H,13,14)(H,15,16)(H,18,19);4,10H,2H2,1H3,(H,6,7)(H,8,9). The second-order valence-corrected chi connectivity index (χ2v) is 6.80. The molecule has 3 amide bonds. The van der Waals surface area contributed by atoms with Gasteiger partial charge in [0.15, 0.2) is 0 Å². The van der Waals surface area contributed by atoms with Gasteiger partial charge in [-0.1, -0.05) is 0 Å². The molecule has 0 aliphatic carbocycles. The van der Waals surface area contributed by atoms with Crippen LogP contribution in [0, 0.1) is 0 Å². The molecule has 30 heavy (non-hydrogen) atoms. The average Bonchev–Trinajstić information content (AvgIpc) is 2.66. The third kappa shape index (κ3) is 15.6. The first-order chi connectivity index (χ1) is 13.8. The Hall–Kier alpha value is -2.35. The number of carboxylic acids is 3. The Balaban J connectivity index is 0. The molecule has 0 aromatic rings. The summed E-state index contributed by atoms with van der Waals surface area (Å²) in [6, 6.07) is -2.92. The van der Waals surface area contributed by atoms with Crippen LogP contribution in [0.1, 0.15) is 19.8 Å². The molecule has 15 heteroatoms. The van der Waals surface area contributed by atoms with Crippen LogP contribution in [0.3, 0.4) is 0 Å². The summed E-state index contributed by atoms with van der Waals surface area (Å²) in [5.74, 6) is -5.03. The first-order valence-corrected chi connectivity index (χ1v) is 10.3. The fourth-order valence-corrected chi connectivity index (χ4v) is 2.36. The van der Waals surface area contributed by atoms with Crippen LogP contribution in [0.4, 0.5) is 0 Å². The van der Waals surface area contributed by atoms with Crippen LogP contribution in [0.5, 0.6) is 0 Å². The number of amides is 3. The van der Waals surface area contributed by atoms with Crippen LogP contribution in [-0.4, -0.2) is 97.4 Å². The Morgan fingerprint density at radius 1 is 1.00 bits per heavy atom. The van der Waals surface area contributed by atoms with E-state index in [2.05, 4.69) is 44.6 Å². The largest absolute Gasteiger partial charge is 0.480 e. The average molecular weight is 517 g/mol. The van der Waals surface area contributed by atoms with Gasteiger partial charge in [-0.2, -0.15) is 12.6 Å². The van der Waals surface area contributed by atoms with Crippen molar-refractivity contribution in [2.75, 3.05) is 12.3 Å². The smallest absolute Gasteiger partial charge is 0.322 e. The van der Waals surface area contributed by atoms with Gasteiger partial charge in [0, 0.05) is 12.2 Å². The molecule has 0 aromatic carbocycles. The van der Waals surface area contributed by atoms with Gasteiger partial charge in [-0.15, -0.1) is 0 Å². The van der Waals surface area contributed by atoms with Gasteiger partial charge < -0.3 is 26.6 Å². The van der Waals surface area contributed by atoms with E-state index in [4.69, 9.17) is 21.1 Å². The zero-order valence-corrected chi connectivity index (χ0v) is 18.8. The number of rotatable bonds is 12. The van der Waals surface area contributed by atoms with Gasteiger partial charge in [-0.3, -0.25) is 19.2 Å². The van der Waals surface area contributed by atoms with Crippen molar-refractivity contribution >= 4 is 64.3 Å². The second-order valence-electron chi connectivity index (χ2n) is 5.67. The molecule has 0 fully saturated rings. The van der Waals surface area contributed by atoms with E-state index < -0.39 is 54.4 Å². The number of nitrogens with one attached hydrogen (secondary N) is 3. The Morgan fingerprint density at radius 3 is 1.90 bits per heavy atom. The summed E-state index contributed by atoms with van der Waals surface area (Å²) in [7, 11) is 0. The molecule has 3 atom stereocenters. The molecule has 0 aliphatic rings. The number of thiol groups is 1. The molecular formula is C15H26N4O9SSe. The molecule has 0 heterocycles. The Morgan fingerprint density at radius 2 is 1.57 bits per heavy atom. The first-order valence-electron chi connectivity index (χ1n) is 8.34. The van der Waals surface area contributed by atoms with Crippen molar-refractivity contribution in [2.24, 2.45) is 5.73 Å². The predicted octanol–water partition coefficient (Wildman–Crippen LogP) is -3.31. The molecule has 0 saturated heterocycles. The van der Waals surface area contributed by atoms with Gasteiger partial charge in [-0.25, -0.2) is 0 Å². The van der Waals surface area contributed by atoms with Crippen molar-refractivity contribution in [3.63, 3.8) is 0 Å². The van der Waals surface area contributed by atoms with Gasteiger partial charge in [0.05, 0.1) is 0 Å². The van der Waals surface area contributed by atoms with Crippen molar-refractivity contribution in [1.82, 2.24) is 16.0 Å². The molecule has 0 radical (unpaired) electrons. The van der Waals surface area contributed by atoms with Gasteiger partial charge in [0.25, 0.3) is 0 Å². The minimum absolute atomic E-state index is 0.0256. The third-order valence-corrected chi connectivity index (χ3v) is 4.24. The molecular weight excluding hydrogens is 491 g/mol. The fraction of sp³-hybridized carbons (Fsp3) is 0.600. The van der Waals surface area contributed by atoms with Crippen LogP contribution < -0.4 is 21.7 Å². The zero-order valence-electron chi connectivity index (χ0n) is 16.0. The number of hydrogen-bond donors (Lipinski definition) is 8. The molecule has 0 saturated carbocycles. The van der Waals surface area contributed by atoms with E-state index >= 15 is 0 Å². The summed E-state index contributed by atoms with van der Waals surface area (Å²) in [6.07, 6.45) is -0.235. The molecule has 0 aromatic heterocycles. The van der Waals surface area contributed by atoms with Crippen molar-refractivity contribution in [3.05, 3.63) is 0 Å². The number of hydrogen-bond acceptors (Lipinski definition) is 8. The number of carbonyl (C=O) groups is 6. The number of carboxylic acid groups (broad SMARTS) is 3. The van der Waals surface area contributed by atoms with Crippen molar-refractivity contribution in [3.8, 4) is 0 Å². The van der Waals surface area contributed by atoms with Crippen LogP contribution in [-0.2, 0) is 28.8 Å². The predicted molar refractivity (Wildman–Crippen MR) is 108 cm³/mol. The first kappa shape index (κ1) is 29.8. The summed E-state index contributed by atoms with van der Waals surface area (Å²) in [5, 5.41) is 32.4. The van der Waals surface area contributed by atoms with Crippen molar-refractivity contribution in [1.29, 1.82) is 0 Å². The molecule has 172 valence electrons. The number of aliphatic carboxylic acids is 3. The minimum atomic E-state index is -1.22. The molecule has 0 aliphatic heterocycles. The monoisotopic (exact) mass is 518 g/mol. The molecule has 8 N–H and O–H groups in total. The Labute approximate surface area is 185 Å². The molecule has 0 spiro atoms. The topological polar surface area (TPSA) is 225 Å². The molecule has 13 nitrogen and oxygen atoms in total. The van der Waals surface area contributed by atoms with E-state index in [0.29, 0.717) is 5.32 Å². The van der Waals surface area contributed by atoms with E-state index in [0.717, 1.165) is 0 Å². The summed E-state index contributed by atoms with van der Waals surface area (Å²) >= 11 is 5.99. The van der Waals surface area contributed by atoms with Crippen LogP contribution in [0.2, 0.25) is 5.32 Å². The Bertz CT molecular complexity index is 635. The van der Waals surface area contributed by atoms with Crippen molar-refractivity contribution < 1.29 is 44.1 Å². The SMILES string of the molecule is CC(=O)NC(C[SeH])C(=O)O.NC(CCC(=O)NC(CS)C(=O)NCC(=O)O)C(=O)O. The summed E-state index contributed by atoms with van der Waals surface area (Å²) in [6.45, 7) is 0.724. The van der Waals surface area contributed by atoms with Gasteiger partial charge in [-0.05, 0) is 6.42 Å². The summed E-state index contributed by atoms with van der Waals surface area (Å²) < 4.78 is 0. The Kier molecular flexibility index (Phi) is 16.4. The van der Waals surface area contributed by atoms with E-state index in [1.165, 1.54) is 6.92 Å². The van der Waals surface area contributed by atoms with Crippen molar-refractivity contribution in [2.45, 2.75) is 43.2 Å². The van der Waals surface area contributed by atoms with E-state index in [1.54, 1.807) is 0 Å². The van der Waals surface area contributed by atoms with E-state index in [9.17, 15) is 28.8 Å². The quantitative estimate of drug-likeness (QED) is 0.0950. The molecule has 0 rings (SSSR count). The number of carbonyl (C=O) groups excluding carboxylic acids is 3. The van der Waals surface area contributed by atoms with Crippen LogP contribution in [0.15, 0.2) is 0 Å². The normalized spacial score (nSPS) is 12.8.